The molecule has 0 heterocycles. The number of carbonyl (C=O) groups excluding carboxylic acids is 2. The van der Waals surface area contributed by atoms with Crippen molar-refractivity contribution in [3.8, 4) is 0 Å². The molecule has 0 fully saturated rings. The summed E-state index contributed by atoms with van der Waals surface area (Å²) >= 11 is 0. The summed E-state index contributed by atoms with van der Waals surface area (Å²) in [7, 11) is -4.75. The largest absolute Gasteiger partial charge is 0.469 e. The average molecular weight is 611 g/mol. The molecular weight excluding hydrogens is 555 g/mol. The van der Waals surface area contributed by atoms with Crippen molar-refractivity contribution in [1.29, 1.82) is 0 Å². The van der Waals surface area contributed by atoms with E-state index in [9.17, 15) is 14.2 Å². The summed E-state index contributed by atoms with van der Waals surface area (Å²) in [6, 6.07) is 0. The van der Waals surface area contributed by atoms with E-state index in [0.717, 1.165) is 77.0 Å². The number of rotatable bonds is 27. The van der Waals surface area contributed by atoms with Crippen LogP contribution >= 0.6 is 7.82 Å². The molecule has 0 bridgehead atoms. The number of phosphoric acid groups is 1. The van der Waals surface area contributed by atoms with Gasteiger partial charge in [0.1, 0.15) is 6.61 Å². The van der Waals surface area contributed by atoms with E-state index >= 15 is 0 Å². The first-order valence-corrected chi connectivity index (χ1v) is 17.1. The Morgan fingerprint density at radius 1 is 0.643 bits per heavy atom. The highest BCUT2D eigenvalue weighted by Crippen LogP contribution is 2.35. The van der Waals surface area contributed by atoms with Gasteiger partial charge in [-0.25, -0.2) is 4.57 Å². The Morgan fingerprint density at radius 3 is 1.69 bits per heavy atom. The summed E-state index contributed by atoms with van der Waals surface area (Å²) in [5.74, 6) is -0.946. The fourth-order valence-corrected chi connectivity index (χ4v) is 4.11. The zero-order chi connectivity index (χ0) is 31.2. The van der Waals surface area contributed by atoms with Crippen molar-refractivity contribution in [3.63, 3.8) is 0 Å². The molecule has 0 spiro atoms. The van der Waals surface area contributed by atoms with Gasteiger partial charge in [0, 0.05) is 12.8 Å². The maximum atomic E-state index is 12.2. The zero-order valence-corrected chi connectivity index (χ0v) is 26.8. The van der Waals surface area contributed by atoms with E-state index < -0.39 is 32.5 Å². The van der Waals surface area contributed by atoms with Crippen molar-refractivity contribution < 1.29 is 37.9 Å². The van der Waals surface area contributed by atoms with E-state index in [1.54, 1.807) is 0 Å². The second-order valence-electron chi connectivity index (χ2n) is 10.1. The number of carbonyl (C=O) groups is 2. The highest BCUT2D eigenvalue weighted by atomic mass is 31.2. The van der Waals surface area contributed by atoms with Crippen molar-refractivity contribution in [1.82, 2.24) is 0 Å². The van der Waals surface area contributed by atoms with Crippen molar-refractivity contribution >= 4 is 19.8 Å². The SMILES string of the molecule is CC/C=C\C/C=C\C/C=C\C/C=C\C/C=C\CCCCCC(=O)OC(COC(=O)CCCCCCC)COP(=O)(O)O. The molecule has 0 aromatic rings. The lowest BCUT2D eigenvalue weighted by Crippen LogP contribution is -2.29. The molecule has 0 radical (unpaired) electrons. The van der Waals surface area contributed by atoms with Gasteiger partial charge in [-0.05, 0) is 57.8 Å². The van der Waals surface area contributed by atoms with Crippen LogP contribution in [-0.4, -0.2) is 41.0 Å². The van der Waals surface area contributed by atoms with Gasteiger partial charge in [-0.2, -0.15) is 0 Å². The highest BCUT2D eigenvalue weighted by molar-refractivity contribution is 7.46. The van der Waals surface area contributed by atoms with Crippen LogP contribution in [0.1, 0.15) is 117 Å². The molecule has 0 aromatic heterocycles. The van der Waals surface area contributed by atoms with E-state index in [1.165, 1.54) is 0 Å². The maximum absolute atomic E-state index is 12.2. The Bertz CT molecular complexity index is 869. The number of ether oxygens (including phenoxy) is 2. The number of unbranched alkanes of at least 4 members (excludes halogenated alkanes) is 7. The second-order valence-corrected chi connectivity index (χ2v) is 11.3. The first-order valence-electron chi connectivity index (χ1n) is 15.6. The van der Waals surface area contributed by atoms with Gasteiger partial charge in [0.15, 0.2) is 6.10 Å². The predicted molar refractivity (Wildman–Crippen MR) is 170 cm³/mol. The van der Waals surface area contributed by atoms with E-state index in [4.69, 9.17) is 19.3 Å². The Labute approximate surface area is 254 Å². The Hall–Kier alpha value is -2.25. The number of hydrogen-bond donors (Lipinski definition) is 2. The molecule has 42 heavy (non-hydrogen) atoms. The Balaban J connectivity index is 4.06. The Kier molecular flexibility index (Phi) is 27.3. The lowest BCUT2D eigenvalue weighted by molar-refractivity contribution is -0.161. The molecule has 0 saturated heterocycles. The molecule has 0 aliphatic rings. The van der Waals surface area contributed by atoms with Crippen LogP contribution in [0.25, 0.3) is 0 Å². The van der Waals surface area contributed by atoms with Gasteiger partial charge in [-0.15, -0.1) is 0 Å². The van der Waals surface area contributed by atoms with Gasteiger partial charge in [0.05, 0.1) is 6.61 Å². The number of allylic oxidation sites excluding steroid dienone is 10. The van der Waals surface area contributed by atoms with E-state index in [-0.39, 0.29) is 19.4 Å². The molecule has 240 valence electrons. The molecule has 8 nitrogen and oxygen atoms in total. The summed E-state index contributed by atoms with van der Waals surface area (Å²) in [5.41, 5.74) is 0. The van der Waals surface area contributed by atoms with Crippen LogP contribution in [0, 0.1) is 0 Å². The minimum absolute atomic E-state index is 0.170. The molecule has 9 heteroatoms. The third-order valence-electron chi connectivity index (χ3n) is 6.05. The Morgan fingerprint density at radius 2 is 1.14 bits per heavy atom. The smallest absolute Gasteiger partial charge is 0.462 e. The minimum Gasteiger partial charge on any atom is -0.462 e. The van der Waals surface area contributed by atoms with E-state index in [0.29, 0.717) is 12.8 Å². The summed E-state index contributed by atoms with van der Waals surface area (Å²) < 4.78 is 26.0. The van der Waals surface area contributed by atoms with Crippen LogP contribution < -0.4 is 0 Å². The number of esters is 2. The molecule has 0 aliphatic carbocycles. The van der Waals surface area contributed by atoms with Crippen LogP contribution in [0.3, 0.4) is 0 Å². The fourth-order valence-electron chi connectivity index (χ4n) is 3.75. The van der Waals surface area contributed by atoms with Crippen LogP contribution in [0.2, 0.25) is 0 Å². The van der Waals surface area contributed by atoms with E-state index in [2.05, 4.69) is 79.1 Å². The summed E-state index contributed by atoms with van der Waals surface area (Å²) in [5, 5.41) is 0. The predicted octanol–water partition coefficient (Wildman–Crippen LogP) is 8.61. The van der Waals surface area contributed by atoms with Gasteiger partial charge in [0.2, 0.25) is 0 Å². The summed E-state index contributed by atoms with van der Waals surface area (Å²) in [4.78, 5) is 42.1. The molecule has 2 N–H and O–H groups in total. The number of hydrogen-bond acceptors (Lipinski definition) is 6. The topological polar surface area (TPSA) is 119 Å². The first-order chi connectivity index (χ1) is 20.3. The first kappa shape index (κ1) is 39.8. The third-order valence-corrected chi connectivity index (χ3v) is 6.54. The van der Waals surface area contributed by atoms with Crippen molar-refractivity contribution in [2.75, 3.05) is 13.2 Å². The molecule has 0 aromatic carbocycles. The van der Waals surface area contributed by atoms with Gasteiger partial charge >= 0.3 is 19.8 Å². The molecule has 1 unspecified atom stereocenters. The molecule has 1 atom stereocenters. The summed E-state index contributed by atoms with van der Waals surface area (Å²) in [6.07, 6.45) is 34.2. The third kappa shape index (κ3) is 30.7. The van der Waals surface area contributed by atoms with Crippen molar-refractivity contribution in [2.24, 2.45) is 0 Å². The van der Waals surface area contributed by atoms with Gasteiger partial charge < -0.3 is 19.3 Å². The number of phosphoric ester groups is 1. The normalized spacial score (nSPS) is 13.3. The van der Waals surface area contributed by atoms with E-state index in [1.807, 2.05) is 0 Å². The molecule has 0 amide bonds. The summed E-state index contributed by atoms with van der Waals surface area (Å²) in [6.45, 7) is 3.40. The lowest BCUT2D eigenvalue weighted by atomic mass is 10.1. The average Bonchev–Trinajstić information content (AvgIpc) is 2.95. The zero-order valence-electron chi connectivity index (χ0n) is 25.9. The molecule has 0 rings (SSSR count). The van der Waals surface area contributed by atoms with Crippen molar-refractivity contribution in [3.05, 3.63) is 60.8 Å². The standard InChI is InChI=1S/C33H55O8P/c1-3-5-7-9-10-11-12-13-14-15-16-17-18-19-20-21-22-24-26-28-33(35)41-31(30-40-42(36,37)38)29-39-32(34)27-25-23-8-6-4-2/h5,7,10-11,13-14,16-17,19-20,31H,3-4,6,8-9,12,15,18,21-30H2,1-2H3,(H2,36,37,38)/b7-5-,11-10-,14-13-,17-16-,20-19-. The monoisotopic (exact) mass is 610 g/mol. The highest BCUT2D eigenvalue weighted by Gasteiger charge is 2.22. The van der Waals surface area contributed by atoms with Gasteiger partial charge in [-0.1, -0.05) is 107 Å². The minimum atomic E-state index is -4.75. The van der Waals surface area contributed by atoms with Crippen LogP contribution in [-0.2, 0) is 28.2 Å². The van der Waals surface area contributed by atoms with Crippen molar-refractivity contribution in [2.45, 2.75) is 123 Å². The van der Waals surface area contributed by atoms with Crippen LogP contribution in [0.4, 0.5) is 0 Å². The quantitative estimate of drug-likeness (QED) is 0.0411. The molecular formula is C33H55O8P. The van der Waals surface area contributed by atoms with Gasteiger partial charge in [-0.3, -0.25) is 14.1 Å². The van der Waals surface area contributed by atoms with Gasteiger partial charge in [0.25, 0.3) is 0 Å². The molecule has 0 saturated carbocycles. The molecule has 0 aliphatic heterocycles. The van der Waals surface area contributed by atoms with Crippen LogP contribution in [0.5, 0.6) is 0 Å². The lowest BCUT2D eigenvalue weighted by Gasteiger charge is -2.18. The van der Waals surface area contributed by atoms with Crippen LogP contribution in [0.15, 0.2) is 60.8 Å². The maximum Gasteiger partial charge on any atom is 0.469 e. The fraction of sp³-hybridized carbons (Fsp3) is 0.636. The second kappa shape index (κ2) is 28.9.